The Labute approximate surface area is 110 Å². The van der Waals surface area contributed by atoms with Crippen LogP contribution in [0.2, 0.25) is 0 Å². The molecule has 4 heteroatoms. The number of aromatic nitrogens is 2. The zero-order valence-electron chi connectivity index (χ0n) is 11.8. The minimum Gasteiger partial charge on any atom is -0.478 e. The Morgan fingerprint density at radius 1 is 1.11 bits per heavy atom. The van der Waals surface area contributed by atoms with E-state index in [1.165, 1.54) is 0 Å². The summed E-state index contributed by atoms with van der Waals surface area (Å²) in [5.74, 6) is 2.44. The van der Waals surface area contributed by atoms with Crippen molar-refractivity contribution in [1.29, 1.82) is 0 Å². The Kier molecular flexibility index (Phi) is 7.14. The fourth-order valence-corrected chi connectivity index (χ4v) is 1.55. The third-order valence-corrected chi connectivity index (χ3v) is 2.53. The number of anilines is 1. The summed E-state index contributed by atoms with van der Waals surface area (Å²) in [6.45, 7) is 8.08. The molecule has 18 heavy (non-hydrogen) atoms. The van der Waals surface area contributed by atoms with E-state index in [4.69, 9.17) is 4.74 Å². The summed E-state index contributed by atoms with van der Waals surface area (Å²) < 4.78 is 5.66. The van der Waals surface area contributed by atoms with Gasteiger partial charge in [0.2, 0.25) is 5.88 Å². The van der Waals surface area contributed by atoms with Crippen molar-refractivity contribution in [2.45, 2.75) is 52.9 Å². The van der Waals surface area contributed by atoms with Gasteiger partial charge in [-0.3, -0.25) is 0 Å². The lowest BCUT2D eigenvalue weighted by Gasteiger charge is -2.10. The number of nitrogens with one attached hydrogen (secondary N) is 1. The van der Waals surface area contributed by atoms with Gasteiger partial charge in [0.05, 0.1) is 6.61 Å². The van der Waals surface area contributed by atoms with Crippen LogP contribution in [-0.2, 0) is 6.42 Å². The molecule has 4 nitrogen and oxygen atoms in total. The lowest BCUT2D eigenvalue weighted by atomic mass is 10.3. The average molecular weight is 251 g/mol. The van der Waals surface area contributed by atoms with Gasteiger partial charge in [-0.25, -0.2) is 4.98 Å². The molecule has 0 aromatic carbocycles. The molecule has 0 saturated heterocycles. The minimum atomic E-state index is 0.695. The molecule has 0 atom stereocenters. The largest absolute Gasteiger partial charge is 0.478 e. The Morgan fingerprint density at radius 3 is 2.61 bits per heavy atom. The monoisotopic (exact) mass is 251 g/mol. The summed E-state index contributed by atoms with van der Waals surface area (Å²) in [6.07, 6.45) is 5.22. The predicted octanol–water partition coefficient (Wildman–Crippen LogP) is 3.43. The van der Waals surface area contributed by atoms with Crippen LogP contribution in [0.1, 0.15) is 52.3 Å². The predicted molar refractivity (Wildman–Crippen MR) is 75.2 cm³/mol. The van der Waals surface area contributed by atoms with Gasteiger partial charge < -0.3 is 10.1 Å². The lowest BCUT2D eigenvalue weighted by molar-refractivity contribution is 0.296. The van der Waals surface area contributed by atoms with Crippen LogP contribution in [0, 0.1) is 0 Å². The van der Waals surface area contributed by atoms with Crippen molar-refractivity contribution < 1.29 is 4.74 Å². The maximum atomic E-state index is 5.66. The van der Waals surface area contributed by atoms with Crippen LogP contribution in [0.4, 0.5) is 5.82 Å². The van der Waals surface area contributed by atoms with E-state index < -0.39 is 0 Å². The zero-order valence-corrected chi connectivity index (χ0v) is 11.8. The topological polar surface area (TPSA) is 47.0 Å². The molecule has 1 N–H and O–H groups in total. The van der Waals surface area contributed by atoms with Gasteiger partial charge in [-0.05, 0) is 19.3 Å². The highest BCUT2D eigenvalue weighted by atomic mass is 16.5. The molecule has 0 spiro atoms. The number of aryl methyl sites for hydroxylation is 1. The number of ether oxygens (including phenoxy) is 1. The van der Waals surface area contributed by atoms with Crippen LogP contribution >= 0.6 is 0 Å². The van der Waals surface area contributed by atoms with Crippen LogP contribution < -0.4 is 10.1 Å². The highest BCUT2D eigenvalue weighted by Gasteiger charge is 2.04. The van der Waals surface area contributed by atoms with Crippen molar-refractivity contribution in [1.82, 2.24) is 9.97 Å². The molecule has 0 aliphatic rings. The molecule has 0 unspecified atom stereocenters. The van der Waals surface area contributed by atoms with Crippen LogP contribution in [0.25, 0.3) is 0 Å². The Balaban J connectivity index is 2.70. The van der Waals surface area contributed by atoms with E-state index in [2.05, 4.69) is 36.1 Å². The zero-order chi connectivity index (χ0) is 13.2. The molecule has 0 aliphatic heterocycles. The average Bonchev–Trinajstić information content (AvgIpc) is 2.37. The van der Waals surface area contributed by atoms with E-state index in [0.717, 1.165) is 56.9 Å². The number of hydrogen-bond donors (Lipinski definition) is 1. The second-order valence-corrected chi connectivity index (χ2v) is 4.39. The number of hydrogen-bond acceptors (Lipinski definition) is 4. The number of nitrogens with zero attached hydrogens (tertiary/aromatic N) is 2. The molecular formula is C14H25N3O. The standard InChI is InChI=1S/C14H25N3O/c1-4-7-10-18-14-11-13(15-9-6-3)16-12(17-14)8-5-2/h11H,4-10H2,1-3H3,(H,15,16,17). The maximum Gasteiger partial charge on any atom is 0.218 e. The van der Waals surface area contributed by atoms with E-state index in [1.54, 1.807) is 0 Å². The Hall–Kier alpha value is -1.32. The quantitative estimate of drug-likeness (QED) is 0.683. The van der Waals surface area contributed by atoms with Gasteiger partial charge in [0, 0.05) is 19.0 Å². The molecule has 1 rings (SSSR count). The maximum absolute atomic E-state index is 5.66. The van der Waals surface area contributed by atoms with Crippen molar-refractivity contribution in [3.63, 3.8) is 0 Å². The molecule has 0 radical (unpaired) electrons. The van der Waals surface area contributed by atoms with Gasteiger partial charge in [-0.15, -0.1) is 0 Å². The van der Waals surface area contributed by atoms with Crippen LogP contribution in [0.3, 0.4) is 0 Å². The smallest absolute Gasteiger partial charge is 0.218 e. The molecular weight excluding hydrogens is 226 g/mol. The van der Waals surface area contributed by atoms with Gasteiger partial charge in [0.25, 0.3) is 0 Å². The molecule has 1 aromatic heterocycles. The van der Waals surface area contributed by atoms with Gasteiger partial charge in [0.15, 0.2) is 0 Å². The Bertz CT molecular complexity index is 342. The van der Waals surface area contributed by atoms with Crippen molar-refractivity contribution in [3.05, 3.63) is 11.9 Å². The fraction of sp³-hybridized carbons (Fsp3) is 0.714. The number of unbranched alkanes of at least 4 members (excludes halogenated alkanes) is 1. The van der Waals surface area contributed by atoms with Crippen molar-refractivity contribution >= 4 is 5.82 Å². The Morgan fingerprint density at radius 2 is 1.94 bits per heavy atom. The summed E-state index contributed by atoms with van der Waals surface area (Å²) in [5, 5.41) is 3.29. The fourth-order valence-electron chi connectivity index (χ4n) is 1.55. The van der Waals surface area contributed by atoms with Crippen molar-refractivity contribution in [3.8, 4) is 5.88 Å². The molecule has 0 bridgehead atoms. The highest BCUT2D eigenvalue weighted by Crippen LogP contribution is 2.15. The molecule has 0 saturated carbocycles. The SMILES string of the molecule is CCCCOc1cc(NCCC)nc(CCC)n1. The number of rotatable bonds is 9. The van der Waals surface area contributed by atoms with Crippen LogP contribution in [-0.4, -0.2) is 23.1 Å². The third kappa shape index (κ3) is 5.34. The van der Waals surface area contributed by atoms with E-state index in [1.807, 2.05) is 6.07 Å². The molecule has 0 amide bonds. The van der Waals surface area contributed by atoms with Gasteiger partial charge in [-0.1, -0.05) is 27.2 Å². The van der Waals surface area contributed by atoms with E-state index >= 15 is 0 Å². The van der Waals surface area contributed by atoms with Gasteiger partial charge >= 0.3 is 0 Å². The molecule has 0 fully saturated rings. The molecule has 102 valence electrons. The molecule has 1 heterocycles. The first-order valence-corrected chi connectivity index (χ1v) is 7.04. The lowest BCUT2D eigenvalue weighted by Crippen LogP contribution is -2.07. The summed E-state index contributed by atoms with van der Waals surface area (Å²) >= 11 is 0. The first kappa shape index (κ1) is 14.7. The summed E-state index contributed by atoms with van der Waals surface area (Å²) in [4.78, 5) is 8.92. The molecule has 0 aliphatic carbocycles. The van der Waals surface area contributed by atoms with Gasteiger partial charge in [-0.2, -0.15) is 4.98 Å². The summed E-state index contributed by atoms with van der Waals surface area (Å²) in [6, 6.07) is 1.89. The first-order valence-electron chi connectivity index (χ1n) is 7.04. The summed E-state index contributed by atoms with van der Waals surface area (Å²) in [7, 11) is 0. The van der Waals surface area contributed by atoms with Crippen molar-refractivity contribution in [2.24, 2.45) is 0 Å². The van der Waals surface area contributed by atoms with Crippen LogP contribution in [0.15, 0.2) is 6.07 Å². The van der Waals surface area contributed by atoms with E-state index in [9.17, 15) is 0 Å². The third-order valence-electron chi connectivity index (χ3n) is 2.53. The minimum absolute atomic E-state index is 0.695. The second kappa shape index (κ2) is 8.72. The van der Waals surface area contributed by atoms with Gasteiger partial charge in [0.1, 0.15) is 11.6 Å². The van der Waals surface area contributed by atoms with Crippen LogP contribution in [0.5, 0.6) is 5.88 Å². The first-order chi connectivity index (χ1) is 8.80. The van der Waals surface area contributed by atoms with Crippen molar-refractivity contribution in [2.75, 3.05) is 18.5 Å². The second-order valence-electron chi connectivity index (χ2n) is 4.39. The van der Waals surface area contributed by atoms with E-state index in [-0.39, 0.29) is 0 Å². The normalized spacial score (nSPS) is 10.4. The van der Waals surface area contributed by atoms with E-state index in [0.29, 0.717) is 5.88 Å². The highest BCUT2D eigenvalue weighted by molar-refractivity contribution is 5.38. The molecule has 1 aromatic rings. The summed E-state index contributed by atoms with van der Waals surface area (Å²) in [5.41, 5.74) is 0.